The Kier molecular flexibility index (Phi) is 8.60. The Hall–Kier alpha value is -5.64. The third-order valence-electron chi connectivity index (χ3n) is 11.0. The van der Waals surface area contributed by atoms with E-state index in [1.165, 1.54) is 75.6 Å². The lowest BCUT2D eigenvalue weighted by Crippen LogP contribution is -2.18. The maximum absolute atomic E-state index is 2.52. The summed E-state index contributed by atoms with van der Waals surface area (Å²) in [6.45, 7) is 9.12. The van der Waals surface area contributed by atoms with Gasteiger partial charge in [-0.2, -0.15) is 0 Å². The molecule has 0 unspecified atom stereocenters. The Morgan fingerprint density at radius 1 is 0.472 bits per heavy atom. The molecule has 0 radical (unpaired) electrons. The third kappa shape index (κ3) is 5.90. The van der Waals surface area contributed by atoms with Crippen molar-refractivity contribution >= 4 is 81.5 Å². The largest absolute Gasteiger partial charge is 0.314 e. The molecule has 8 aromatic rings. The molecule has 0 atom stereocenters. The van der Waals surface area contributed by atoms with Crippen LogP contribution in [0.1, 0.15) is 52.0 Å². The molecule has 1 aliphatic rings. The molecule has 7 aromatic carbocycles. The van der Waals surface area contributed by atoms with Crippen molar-refractivity contribution in [2.24, 2.45) is 5.92 Å². The first-order chi connectivity index (χ1) is 26.0. The molecular weight excluding hydrogens is 661 g/mol. The van der Waals surface area contributed by atoms with Crippen LogP contribution in [0, 0.1) is 5.92 Å². The van der Waals surface area contributed by atoms with Gasteiger partial charge in [-0.1, -0.05) is 136 Å². The predicted molar refractivity (Wildman–Crippen MR) is 232 cm³/mol. The molecule has 0 N–H and O–H groups in total. The van der Waals surface area contributed by atoms with Gasteiger partial charge in [0.05, 0.1) is 11.4 Å². The number of hydrogen-bond donors (Lipinski definition) is 0. The van der Waals surface area contributed by atoms with Gasteiger partial charge in [0.25, 0.3) is 0 Å². The number of fused-ring (bicyclic) bond motifs is 7. The van der Waals surface area contributed by atoms with Crippen molar-refractivity contribution in [2.45, 2.75) is 46.5 Å². The fourth-order valence-electron chi connectivity index (χ4n) is 8.15. The highest BCUT2D eigenvalue weighted by molar-refractivity contribution is 7.27. The van der Waals surface area contributed by atoms with Crippen molar-refractivity contribution in [3.8, 4) is 0 Å². The van der Waals surface area contributed by atoms with E-state index in [0.29, 0.717) is 11.8 Å². The molecule has 0 bridgehead atoms. The maximum atomic E-state index is 2.52. The van der Waals surface area contributed by atoms with Crippen LogP contribution in [0.5, 0.6) is 0 Å². The Balaban J connectivity index is 1.32. The standard InChI is InChI=1S/C50H44N2S/c1-33(2)35-23-27-39(28-24-35)51(37-15-7-5-8-16-37)46-31-45-49-43-21-13-11-19-41(43)47(32-48(49)53-50(45)44-22-14-12-20-42(44)46)52(38-17-9-6-10-18-38)40-29-25-36(26-30-40)34(3)4/h5-25,27-29,31-34H,26,30H2,1-4H3. The quantitative estimate of drug-likeness (QED) is 0.155. The van der Waals surface area contributed by atoms with Crippen LogP contribution in [-0.4, -0.2) is 0 Å². The van der Waals surface area contributed by atoms with Crippen molar-refractivity contribution in [3.05, 3.63) is 175 Å². The fourth-order valence-corrected chi connectivity index (χ4v) is 9.43. The van der Waals surface area contributed by atoms with Gasteiger partial charge in [-0.25, -0.2) is 0 Å². The molecule has 1 aliphatic carbocycles. The molecule has 0 fully saturated rings. The lowest BCUT2D eigenvalue weighted by Gasteiger charge is -2.31. The SMILES string of the molecule is CC(C)C1=CC=C(N(c2ccccc2)c2cc3sc4c5ccccc5c(N(c5ccccc5)c5ccc(C(C)C)cc5)cc4c3c3ccccc23)CC1. The van der Waals surface area contributed by atoms with Gasteiger partial charge in [-0.05, 0) is 90.2 Å². The van der Waals surface area contributed by atoms with Crippen LogP contribution in [0.25, 0.3) is 41.7 Å². The Morgan fingerprint density at radius 3 is 1.62 bits per heavy atom. The monoisotopic (exact) mass is 704 g/mol. The average molecular weight is 705 g/mol. The van der Waals surface area contributed by atoms with Crippen LogP contribution >= 0.6 is 11.3 Å². The van der Waals surface area contributed by atoms with Crippen molar-refractivity contribution < 1.29 is 0 Å². The smallest absolute Gasteiger partial charge is 0.0551 e. The molecule has 3 heteroatoms. The second-order valence-corrected chi connectivity index (χ2v) is 15.9. The Bertz CT molecular complexity index is 2660. The molecule has 0 aliphatic heterocycles. The van der Waals surface area contributed by atoms with Crippen molar-refractivity contribution in [1.82, 2.24) is 0 Å². The maximum Gasteiger partial charge on any atom is 0.0551 e. The van der Waals surface area contributed by atoms with Crippen molar-refractivity contribution in [1.29, 1.82) is 0 Å². The number of nitrogens with zero attached hydrogens (tertiary/aromatic N) is 2. The summed E-state index contributed by atoms with van der Waals surface area (Å²) in [6, 6.07) is 53.8. The molecule has 53 heavy (non-hydrogen) atoms. The zero-order valence-electron chi connectivity index (χ0n) is 30.9. The first-order valence-electron chi connectivity index (χ1n) is 19.0. The van der Waals surface area contributed by atoms with Crippen LogP contribution in [0.15, 0.2) is 169 Å². The summed E-state index contributed by atoms with van der Waals surface area (Å²) in [5, 5.41) is 7.71. The summed E-state index contributed by atoms with van der Waals surface area (Å²) in [6.07, 6.45) is 6.82. The topological polar surface area (TPSA) is 6.48 Å². The number of anilines is 5. The highest BCUT2D eigenvalue weighted by Crippen LogP contribution is 2.50. The molecule has 260 valence electrons. The molecule has 0 spiro atoms. The number of rotatable bonds is 8. The predicted octanol–water partition coefficient (Wildman–Crippen LogP) is 15.4. The Morgan fingerprint density at radius 2 is 1.02 bits per heavy atom. The van der Waals surface area contributed by atoms with Gasteiger partial charge >= 0.3 is 0 Å². The summed E-state index contributed by atoms with van der Waals surface area (Å²) < 4.78 is 2.64. The van der Waals surface area contributed by atoms with Gasteiger partial charge in [-0.15, -0.1) is 11.3 Å². The number of thiophene rings is 1. The summed E-state index contributed by atoms with van der Waals surface area (Å²) in [5.41, 5.74) is 10.1. The van der Waals surface area contributed by atoms with Gasteiger partial charge < -0.3 is 9.80 Å². The van der Waals surface area contributed by atoms with Gasteiger partial charge in [0, 0.05) is 59.1 Å². The van der Waals surface area contributed by atoms with Crippen LogP contribution in [0.2, 0.25) is 0 Å². The van der Waals surface area contributed by atoms with E-state index in [2.05, 4.69) is 195 Å². The molecular formula is C50H44N2S. The molecule has 1 aromatic heterocycles. The second kappa shape index (κ2) is 13.7. The van der Waals surface area contributed by atoms with Gasteiger partial charge in [0.1, 0.15) is 0 Å². The van der Waals surface area contributed by atoms with E-state index in [1.54, 1.807) is 0 Å². The molecule has 2 nitrogen and oxygen atoms in total. The first kappa shape index (κ1) is 33.2. The molecule has 1 heterocycles. The Labute approximate surface area is 316 Å². The van der Waals surface area contributed by atoms with E-state index < -0.39 is 0 Å². The highest BCUT2D eigenvalue weighted by Gasteiger charge is 2.24. The zero-order chi connectivity index (χ0) is 36.1. The van der Waals surface area contributed by atoms with Gasteiger partial charge in [-0.3, -0.25) is 0 Å². The summed E-state index contributed by atoms with van der Waals surface area (Å²) in [4.78, 5) is 4.96. The molecule has 0 saturated carbocycles. The molecule has 0 amide bonds. The lowest BCUT2D eigenvalue weighted by molar-refractivity contribution is 0.696. The normalized spacial score (nSPS) is 13.3. The minimum absolute atomic E-state index is 0.475. The van der Waals surface area contributed by atoms with Crippen LogP contribution in [0.4, 0.5) is 28.4 Å². The summed E-state index contributed by atoms with van der Waals surface area (Å²) >= 11 is 1.92. The minimum Gasteiger partial charge on any atom is -0.314 e. The zero-order valence-corrected chi connectivity index (χ0v) is 31.7. The number of benzene rings is 7. The highest BCUT2D eigenvalue weighted by atomic mass is 32.1. The second-order valence-electron chi connectivity index (χ2n) is 14.9. The van der Waals surface area contributed by atoms with E-state index in [0.717, 1.165) is 24.2 Å². The van der Waals surface area contributed by atoms with Crippen LogP contribution in [-0.2, 0) is 0 Å². The van der Waals surface area contributed by atoms with E-state index in [-0.39, 0.29) is 0 Å². The molecule has 9 rings (SSSR count). The number of hydrogen-bond acceptors (Lipinski definition) is 3. The number of allylic oxidation sites excluding steroid dienone is 4. The van der Waals surface area contributed by atoms with E-state index in [1.807, 2.05) is 11.3 Å². The van der Waals surface area contributed by atoms with E-state index in [9.17, 15) is 0 Å². The number of para-hydroxylation sites is 2. The van der Waals surface area contributed by atoms with E-state index >= 15 is 0 Å². The fraction of sp³-hybridized carbons (Fsp3) is 0.160. The van der Waals surface area contributed by atoms with E-state index in [4.69, 9.17) is 0 Å². The van der Waals surface area contributed by atoms with Crippen LogP contribution < -0.4 is 9.80 Å². The average Bonchev–Trinajstić information content (AvgIpc) is 3.58. The lowest BCUT2D eigenvalue weighted by atomic mass is 9.92. The minimum atomic E-state index is 0.475. The van der Waals surface area contributed by atoms with Crippen LogP contribution in [0.3, 0.4) is 0 Å². The van der Waals surface area contributed by atoms with Crippen molar-refractivity contribution in [3.63, 3.8) is 0 Å². The van der Waals surface area contributed by atoms with Crippen molar-refractivity contribution in [2.75, 3.05) is 9.80 Å². The van der Waals surface area contributed by atoms with Gasteiger partial charge in [0.2, 0.25) is 0 Å². The molecule has 0 saturated heterocycles. The third-order valence-corrected chi connectivity index (χ3v) is 12.1. The first-order valence-corrected chi connectivity index (χ1v) is 19.8. The van der Waals surface area contributed by atoms with Gasteiger partial charge in [0.15, 0.2) is 0 Å². The summed E-state index contributed by atoms with van der Waals surface area (Å²) in [7, 11) is 0. The summed E-state index contributed by atoms with van der Waals surface area (Å²) in [5.74, 6) is 1.04.